The van der Waals surface area contributed by atoms with E-state index in [2.05, 4.69) is 66.4 Å². The fourth-order valence-corrected chi connectivity index (χ4v) is 2.82. The molecular formula is C15H11Br2N3. The number of nitrogens with two attached hydrogens (primary N) is 1. The molecule has 0 amide bonds. The number of fused-ring (bicyclic) bond motifs is 1. The number of hydrogen-bond acceptors (Lipinski definition) is 3. The van der Waals surface area contributed by atoms with Crippen LogP contribution in [0.25, 0.3) is 10.8 Å². The van der Waals surface area contributed by atoms with Gasteiger partial charge in [-0.05, 0) is 57.0 Å². The Labute approximate surface area is 133 Å². The topological polar surface area (TPSA) is 50.9 Å². The molecule has 0 fully saturated rings. The van der Waals surface area contributed by atoms with E-state index in [9.17, 15) is 0 Å². The molecule has 0 aliphatic rings. The number of anilines is 3. The van der Waals surface area contributed by atoms with Crippen molar-refractivity contribution >= 4 is 59.8 Å². The third kappa shape index (κ3) is 2.78. The second-order valence-corrected chi connectivity index (χ2v) is 6.20. The van der Waals surface area contributed by atoms with Gasteiger partial charge in [0.25, 0.3) is 0 Å². The summed E-state index contributed by atoms with van der Waals surface area (Å²) in [5, 5.41) is 5.64. The Morgan fingerprint density at radius 3 is 2.50 bits per heavy atom. The molecule has 5 heteroatoms. The Morgan fingerprint density at radius 1 is 0.950 bits per heavy atom. The molecule has 3 aromatic rings. The predicted octanol–water partition coefficient (Wildman–Crippen LogP) is 5.09. The van der Waals surface area contributed by atoms with Gasteiger partial charge in [-0.2, -0.15) is 0 Å². The van der Waals surface area contributed by atoms with Gasteiger partial charge in [0.05, 0.1) is 16.4 Å². The maximum absolute atomic E-state index is 5.68. The van der Waals surface area contributed by atoms with Crippen LogP contribution in [0.1, 0.15) is 0 Å². The van der Waals surface area contributed by atoms with Crippen LogP contribution in [0, 0.1) is 0 Å². The Hall–Kier alpha value is -1.59. The quantitative estimate of drug-likeness (QED) is 0.638. The van der Waals surface area contributed by atoms with Gasteiger partial charge in [-0.25, -0.2) is 4.98 Å². The van der Waals surface area contributed by atoms with Crippen molar-refractivity contribution in [3.63, 3.8) is 0 Å². The molecule has 2 aromatic carbocycles. The first-order chi connectivity index (χ1) is 9.61. The number of nitrogens with one attached hydrogen (secondary N) is 1. The molecule has 3 N–H and O–H groups in total. The van der Waals surface area contributed by atoms with Crippen LogP contribution in [0.2, 0.25) is 0 Å². The van der Waals surface area contributed by atoms with Gasteiger partial charge < -0.3 is 11.1 Å². The first kappa shape index (κ1) is 13.4. The fourth-order valence-electron chi connectivity index (χ4n) is 1.98. The van der Waals surface area contributed by atoms with E-state index in [1.54, 1.807) is 6.20 Å². The van der Waals surface area contributed by atoms with Gasteiger partial charge in [0.15, 0.2) is 0 Å². The van der Waals surface area contributed by atoms with Crippen molar-refractivity contribution in [1.29, 1.82) is 0 Å². The van der Waals surface area contributed by atoms with Gasteiger partial charge >= 0.3 is 0 Å². The highest BCUT2D eigenvalue weighted by Crippen LogP contribution is 2.28. The van der Waals surface area contributed by atoms with E-state index in [1.807, 2.05) is 18.2 Å². The number of pyridine rings is 1. The van der Waals surface area contributed by atoms with Crippen molar-refractivity contribution in [1.82, 2.24) is 4.98 Å². The van der Waals surface area contributed by atoms with Gasteiger partial charge in [0, 0.05) is 10.2 Å². The van der Waals surface area contributed by atoms with Gasteiger partial charge in [0.2, 0.25) is 0 Å². The molecule has 0 radical (unpaired) electrons. The Bertz CT molecular complexity index is 787. The zero-order valence-electron chi connectivity index (χ0n) is 10.4. The molecule has 0 spiro atoms. The molecule has 0 bridgehead atoms. The zero-order chi connectivity index (χ0) is 14.1. The number of aromatic nitrogens is 1. The lowest BCUT2D eigenvalue weighted by atomic mass is 10.1. The van der Waals surface area contributed by atoms with E-state index in [4.69, 9.17) is 5.73 Å². The van der Waals surface area contributed by atoms with Crippen LogP contribution in [0.5, 0.6) is 0 Å². The first-order valence-electron chi connectivity index (χ1n) is 5.99. The normalized spacial score (nSPS) is 10.7. The summed E-state index contributed by atoms with van der Waals surface area (Å²) in [6, 6.07) is 14.2. The summed E-state index contributed by atoms with van der Waals surface area (Å²) in [5.74, 6) is 0.746. The summed E-state index contributed by atoms with van der Waals surface area (Å²) >= 11 is 6.93. The van der Waals surface area contributed by atoms with Crippen molar-refractivity contribution in [2.24, 2.45) is 0 Å². The molecule has 0 saturated carbocycles. The molecule has 0 atom stereocenters. The Balaban J connectivity index is 1.96. The monoisotopic (exact) mass is 391 g/mol. The van der Waals surface area contributed by atoms with E-state index in [0.717, 1.165) is 20.5 Å². The highest BCUT2D eigenvalue weighted by molar-refractivity contribution is 9.10. The number of halogens is 2. The minimum atomic E-state index is 0.630. The average Bonchev–Trinajstić information content (AvgIpc) is 2.42. The smallest absolute Gasteiger partial charge is 0.144 e. The van der Waals surface area contributed by atoms with Crippen molar-refractivity contribution in [2.75, 3.05) is 11.1 Å². The molecule has 0 saturated heterocycles. The standard InChI is InChI=1S/C15H11Br2N3/c16-11-3-1-10-6-13(4-2-9(10)5-11)20-15-14(17)7-12(18)8-19-15/h1-8H,18H2,(H,19,20). The van der Waals surface area contributed by atoms with Crippen LogP contribution in [0.15, 0.2) is 57.6 Å². The average molecular weight is 393 g/mol. The minimum absolute atomic E-state index is 0.630. The highest BCUT2D eigenvalue weighted by Gasteiger charge is 2.03. The highest BCUT2D eigenvalue weighted by atomic mass is 79.9. The maximum Gasteiger partial charge on any atom is 0.144 e. The van der Waals surface area contributed by atoms with Crippen LogP contribution < -0.4 is 11.1 Å². The molecule has 1 heterocycles. The minimum Gasteiger partial charge on any atom is -0.397 e. The van der Waals surface area contributed by atoms with E-state index in [1.165, 1.54) is 10.8 Å². The van der Waals surface area contributed by atoms with Gasteiger partial charge in [0.1, 0.15) is 5.82 Å². The third-order valence-electron chi connectivity index (χ3n) is 2.93. The second kappa shape index (κ2) is 5.42. The lowest BCUT2D eigenvalue weighted by molar-refractivity contribution is 1.29. The van der Waals surface area contributed by atoms with Gasteiger partial charge in [-0.3, -0.25) is 0 Å². The second-order valence-electron chi connectivity index (χ2n) is 4.43. The Morgan fingerprint density at radius 2 is 1.70 bits per heavy atom. The molecule has 0 unspecified atom stereocenters. The number of hydrogen-bond donors (Lipinski definition) is 2. The fraction of sp³-hybridized carbons (Fsp3) is 0. The lowest BCUT2D eigenvalue weighted by Gasteiger charge is -2.09. The zero-order valence-corrected chi connectivity index (χ0v) is 13.6. The molecule has 20 heavy (non-hydrogen) atoms. The molecule has 0 aliphatic heterocycles. The molecule has 3 rings (SSSR count). The summed E-state index contributed by atoms with van der Waals surface area (Å²) in [4.78, 5) is 4.28. The van der Waals surface area contributed by atoms with Crippen LogP contribution in [0.3, 0.4) is 0 Å². The summed E-state index contributed by atoms with van der Waals surface area (Å²) < 4.78 is 1.92. The van der Waals surface area contributed by atoms with Gasteiger partial charge in [-0.15, -0.1) is 0 Å². The number of rotatable bonds is 2. The van der Waals surface area contributed by atoms with Crippen molar-refractivity contribution in [3.8, 4) is 0 Å². The molecule has 0 aliphatic carbocycles. The van der Waals surface area contributed by atoms with Gasteiger partial charge in [-0.1, -0.05) is 28.1 Å². The summed E-state index contributed by atoms with van der Waals surface area (Å²) in [7, 11) is 0. The third-order valence-corrected chi connectivity index (χ3v) is 4.03. The van der Waals surface area contributed by atoms with E-state index >= 15 is 0 Å². The number of nitrogen functional groups attached to an aromatic ring is 1. The van der Waals surface area contributed by atoms with Crippen LogP contribution in [-0.2, 0) is 0 Å². The molecule has 100 valence electrons. The Kier molecular flexibility index (Phi) is 3.63. The van der Waals surface area contributed by atoms with E-state index < -0.39 is 0 Å². The van der Waals surface area contributed by atoms with Crippen molar-refractivity contribution < 1.29 is 0 Å². The molecular weight excluding hydrogens is 382 g/mol. The van der Waals surface area contributed by atoms with E-state index in [-0.39, 0.29) is 0 Å². The summed E-state index contributed by atoms with van der Waals surface area (Å²) in [6.07, 6.45) is 1.63. The summed E-state index contributed by atoms with van der Waals surface area (Å²) in [6.45, 7) is 0. The van der Waals surface area contributed by atoms with Crippen LogP contribution in [0.4, 0.5) is 17.2 Å². The van der Waals surface area contributed by atoms with E-state index in [0.29, 0.717) is 5.69 Å². The largest absolute Gasteiger partial charge is 0.397 e. The first-order valence-corrected chi connectivity index (χ1v) is 7.58. The number of benzene rings is 2. The lowest BCUT2D eigenvalue weighted by Crippen LogP contribution is -1.96. The maximum atomic E-state index is 5.68. The van der Waals surface area contributed by atoms with Crippen LogP contribution >= 0.6 is 31.9 Å². The molecule has 3 nitrogen and oxygen atoms in total. The van der Waals surface area contributed by atoms with Crippen molar-refractivity contribution in [2.45, 2.75) is 0 Å². The summed E-state index contributed by atoms with van der Waals surface area (Å²) in [5.41, 5.74) is 7.30. The molecule has 1 aromatic heterocycles. The number of nitrogens with zero attached hydrogens (tertiary/aromatic N) is 1. The van der Waals surface area contributed by atoms with Crippen molar-refractivity contribution in [3.05, 3.63) is 57.6 Å². The SMILES string of the molecule is Nc1cnc(Nc2ccc3cc(Br)ccc3c2)c(Br)c1. The van der Waals surface area contributed by atoms with Crippen LogP contribution in [-0.4, -0.2) is 4.98 Å². The predicted molar refractivity (Wildman–Crippen MR) is 91.3 cm³/mol.